The summed E-state index contributed by atoms with van der Waals surface area (Å²) in [5, 5.41) is 0. The van der Waals surface area contributed by atoms with E-state index < -0.39 is 0 Å². The Hall–Kier alpha value is -1.35. The van der Waals surface area contributed by atoms with Gasteiger partial charge in [-0.15, -0.1) is 0 Å². The van der Waals surface area contributed by atoms with Crippen LogP contribution in [-0.2, 0) is 4.79 Å². The van der Waals surface area contributed by atoms with E-state index in [4.69, 9.17) is 5.73 Å². The fourth-order valence-corrected chi connectivity index (χ4v) is 3.86. The van der Waals surface area contributed by atoms with Gasteiger partial charge in [-0.05, 0) is 44.1 Å². The average Bonchev–Trinajstić information content (AvgIpc) is 3.09. The lowest BCUT2D eigenvalue weighted by atomic mass is 9.98. The molecule has 1 heterocycles. The fraction of sp³-hybridized carbons (Fsp3) is 0.611. The lowest BCUT2D eigenvalue weighted by molar-refractivity contribution is -0.133. The van der Waals surface area contributed by atoms with Gasteiger partial charge in [0.05, 0.1) is 6.04 Å². The van der Waals surface area contributed by atoms with Crippen LogP contribution in [0.5, 0.6) is 0 Å². The zero-order valence-corrected chi connectivity index (χ0v) is 12.9. The van der Waals surface area contributed by atoms with Crippen molar-refractivity contribution in [3.8, 4) is 0 Å². The zero-order valence-electron chi connectivity index (χ0n) is 12.9. The van der Waals surface area contributed by atoms with Gasteiger partial charge in [0.2, 0.25) is 5.91 Å². The molecule has 1 aliphatic heterocycles. The largest absolute Gasteiger partial charge is 0.336 e. The molecule has 1 aromatic rings. The van der Waals surface area contributed by atoms with Crippen LogP contribution < -0.4 is 5.73 Å². The van der Waals surface area contributed by atoms with Gasteiger partial charge in [-0.3, -0.25) is 4.79 Å². The number of hydrogen-bond donors (Lipinski definition) is 1. The molecule has 1 aliphatic carbocycles. The van der Waals surface area contributed by atoms with Gasteiger partial charge in [0.15, 0.2) is 0 Å². The molecule has 3 nitrogen and oxygen atoms in total. The Morgan fingerprint density at radius 3 is 2.62 bits per heavy atom. The third kappa shape index (κ3) is 3.13. The van der Waals surface area contributed by atoms with Crippen LogP contribution >= 0.6 is 0 Å². The van der Waals surface area contributed by atoms with Crippen LogP contribution in [0.15, 0.2) is 24.3 Å². The average molecular weight is 286 g/mol. The van der Waals surface area contributed by atoms with Gasteiger partial charge in [-0.2, -0.15) is 0 Å². The summed E-state index contributed by atoms with van der Waals surface area (Å²) < 4.78 is 0. The van der Waals surface area contributed by atoms with Crippen molar-refractivity contribution < 1.29 is 4.79 Å². The number of likely N-dealkylation sites (tertiary alicyclic amines) is 1. The topological polar surface area (TPSA) is 46.3 Å². The van der Waals surface area contributed by atoms with Crippen LogP contribution in [0.2, 0.25) is 0 Å². The standard InChI is InChI=1S/C18H26N2O/c1-13-7-9-14(10-8-13)17-6-3-11-20(17)18(21)12-15-4-2-5-16(15)19/h7-10,15-17H,2-6,11-12,19H2,1H3/t15-,16+,17?/m0/s1. The van der Waals surface area contributed by atoms with Crippen molar-refractivity contribution in [3.05, 3.63) is 35.4 Å². The van der Waals surface area contributed by atoms with Gasteiger partial charge >= 0.3 is 0 Å². The van der Waals surface area contributed by atoms with Crippen LogP contribution in [0.4, 0.5) is 0 Å². The summed E-state index contributed by atoms with van der Waals surface area (Å²) in [4.78, 5) is 14.8. The van der Waals surface area contributed by atoms with E-state index >= 15 is 0 Å². The fourth-order valence-electron chi connectivity index (χ4n) is 3.86. The van der Waals surface area contributed by atoms with E-state index in [0.29, 0.717) is 18.2 Å². The van der Waals surface area contributed by atoms with Crippen LogP contribution in [0.25, 0.3) is 0 Å². The monoisotopic (exact) mass is 286 g/mol. The van der Waals surface area contributed by atoms with Crippen LogP contribution in [0, 0.1) is 12.8 Å². The minimum atomic E-state index is 0.231. The molecule has 3 rings (SSSR count). The first-order valence-electron chi connectivity index (χ1n) is 8.27. The molecule has 0 radical (unpaired) electrons. The SMILES string of the molecule is Cc1ccc(C2CCCN2C(=O)C[C@@H]2CCC[C@H]2N)cc1. The highest BCUT2D eigenvalue weighted by Crippen LogP contribution is 2.34. The molecule has 2 N–H and O–H groups in total. The molecule has 0 aromatic heterocycles. The Morgan fingerprint density at radius 1 is 1.19 bits per heavy atom. The third-order valence-corrected chi connectivity index (χ3v) is 5.19. The molecule has 1 aromatic carbocycles. The number of carbonyl (C=O) groups is 1. The highest BCUT2D eigenvalue weighted by atomic mass is 16.2. The van der Waals surface area contributed by atoms with E-state index in [1.807, 2.05) is 0 Å². The summed E-state index contributed by atoms with van der Waals surface area (Å²) in [5.41, 5.74) is 8.67. The van der Waals surface area contributed by atoms with Crippen LogP contribution in [-0.4, -0.2) is 23.4 Å². The van der Waals surface area contributed by atoms with E-state index in [9.17, 15) is 4.79 Å². The normalized spacial score (nSPS) is 29.0. The molecule has 0 bridgehead atoms. The van der Waals surface area contributed by atoms with Crippen molar-refractivity contribution >= 4 is 5.91 Å². The quantitative estimate of drug-likeness (QED) is 0.927. The van der Waals surface area contributed by atoms with Crippen molar-refractivity contribution in [1.29, 1.82) is 0 Å². The van der Waals surface area contributed by atoms with Crippen molar-refractivity contribution in [2.75, 3.05) is 6.54 Å². The van der Waals surface area contributed by atoms with Gasteiger partial charge in [0, 0.05) is 19.0 Å². The molecule has 2 aliphatic rings. The number of hydrogen-bond acceptors (Lipinski definition) is 2. The van der Waals surface area contributed by atoms with Gasteiger partial charge in [-0.1, -0.05) is 36.2 Å². The summed E-state index contributed by atoms with van der Waals surface area (Å²) in [6.07, 6.45) is 6.23. The van der Waals surface area contributed by atoms with E-state index in [0.717, 1.165) is 32.2 Å². The second kappa shape index (κ2) is 6.18. The number of rotatable bonds is 3. The van der Waals surface area contributed by atoms with Crippen molar-refractivity contribution in [2.45, 2.75) is 57.5 Å². The maximum absolute atomic E-state index is 12.7. The van der Waals surface area contributed by atoms with Crippen molar-refractivity contribution in [3.63, 3.8) is 0 Å². The van der Waals surface area contributed by atoms with Crippen molar-refractivity contribution in [2.24, 2.45) is 11.7 Å². The second-order valence-corrected chi connectivity index (χ2v) is 6.71. The van der Waals surface area contributed by atoms with E-state index in [1.54, 1.807) is 0 Å². The molecular weight excluding hydrogens is 260 g/mol. The Kier molecular flexibility index (Phi) is 4.29. The molecule has 1 saturated carbocycles. The van der Waals surface area contributed by atoms with Gasteiger partial charge in [-0.25, -0.2) is 0 Å². The number of aryl methyl sites for hydroxylation is 1. The lowest BCUT2D eigenvalue weighted by Gasteiger charge is -2.27. The predicted octanol–water partition coefficient (Wildman–Crippen LogP) is 3.18. The summed E-state index contributed by atoms with van der Waals surface area (Å²) in [6.45, 7) is 3.00. The van der Waals surface area contributed by atoms with Crippen LogP contribution in [0.3, 0.4) is 0 Å². The Bertz CT molecular complexity index is 496. The third-order valence-electron chi connectivity index (χ3n) is 5.19. The molecule has 21 heavy (non-hydrogen) atoms. The van der Waals surface area contributed by atoms with Crippen LogP contribution in [0.1, 0.15) is 55.7 Å². The first-order valence-corrected chi connectivity index (χ1v) is 8.27. The minimum absolute atomic E-state index is 0.231. The van der Waals surface area contributed by atoms with Gasteiger partial charge < -0.3 is 10.6 Å². The van der Waals surface area contributed by atoms with Crippen molar-refractivity contribution in [1.82, 2.24) is 4.90 Å². The summed E-state index contributed by atoms with van der Waals surface area (Å²) in [7, 11) is 0. The molecule has 2 fully saturated rings. The number of benzene rings is 1. The maximum Gasteiger partial charge on any atom is 0.223 e. The molecule has 114 valence electrons. The molecule has 3 atom stereocenters. The molecule has 1 amide bonds. The smallest absolute Gasteiger partial charge is 0.223 e. The molecule has 1 unspecified atom stereocenters. The molecular formula is C18H26N2O. The Morgan fingerprint density at radius 2 is 1.95 bits per heavy atom. The van der Waals surface area contributed by atoms with E-state index in [-0.39, 0.29) is 12.1 Å². The predicted molar refractivity (Wildman–Crippen MR) is 84.8 cm³/mol. The van der Waals surface area contributed by atoms with Gasteiger partial charge in [0.25, 0.3) is 0 Å². The number of nitrogens with zero attached hydrogens (tertiary/aromatic N) is 1. The zero-order chi connectivity index (χ0) is 14.8. The number of carbonyl (C=O) groups excluding carboxylic acids is 1. The summed E-state index contributed by atoms with van der Waals surface area (Å²) >= 11 is 0. The maximum atomic E-state index is 12.7. The number of nitrogens with two attached hydrogens (primary N) is 1. The first kappa shape index (κ1) is 14.6. The summed E-state index contributed by atoms with van der Waals surface area (Å²) in [6, 6.07) is 9.14. The van der Waals surface area contributed by atoms with E-state index in [2.05, 4.69) is 36.1 Å². The second-order valence-electron chi connectivity index (χ2n) is 6.71. The highest BCUT2D eigenvalue weighted by molar-refractivity contribution is 5.77. The molecule has 3 heteroatoms. The molecule has 0 spiro atoms. The first-order chi connectivity index (χ1) is 10.1. The minimum Gasteiger partial charge on any atom is -0.336 e. The Balaban J connectivity index is 1.68. The highest BCUT2D eigenvalue weighted by Gasteiger charge is 2.33. The van der Waals surface area contributed by atoms with Gasteiger partial charge in [0.1, 0.15) is 0 Å². The molecule has 1 saturated heterocycles. The lowest BCUT2D eigenvalue weighted by Crippen LogP contribution is -2.35. The number of amides is 1. The van der Waals surface area contributed by atoms with E-state index in [1.165, 1.54) is 17.5 Å². The summed E-state index contributed by atoms with van der Waals surface area (Å²) in [5.74, 6) is 0.706. The Labute approximate surface area is 127 Å².